The smallest absolute Gasteiger partial charge is 0.225 e. The molecule has 0 radical (unpaired) electrons. The molecule has 3 rings (SSSR count). The lowest BCUT2D eigenvalue weighted by Crippen LogP contribution is -2.50. The lowest BCUT2D eigenvalue weighted by molar-refractivity contribution is -0.134. The van der Waals surface area contributed by atoms with Gasteiger partial charge in [0.1, 0.15) is 0 Å². The van der Waals surface area contributed by atoms with Crippen LogP contribution in [0.25, 0.3) is 0 Å². The minimum absolute atomic E-state index is 0.346. The van der Waals surface area contributed by atoms with Crippen molar-refractivity contribution >= 4 is 22.4 Å². The molecule has 1 saturated heterocycles. The van der Waals surface area contributed by atoms with Gasteiger partial charge in [-0.2, -0.15) is 0 Å². The van der Waals surface area contributed by atoms with Crippen LogP contribution in [0.2, 0.25) is 0 Å². The summed E-state index contributed by atoms with van der Waals surface area (Å²) in [6.45, 7) is 4.93. The Bertz CT molecular complexity index is 526. The molecular weight excluding hydrogens is 296 g/mol. The van der Waals surface area contributed by atoms with E-state index in [2.05, 4.69) is 22.1 Å². The summed E-state index contributed by atoms with van der Waals surface area (Å²) in [5, 5.41) is 4.71. The topological polar surface area (TPSA) is 48.5 Å². The third-order valence-electron chi connectivity index (χ3n) is 4.61. The van der Waals surface area contributed by atoms with E-state index in [-0.39, 0.29) is 0 Å². The van der Waals surface area contributed by atoms with Crippen LogP contribution in [0.3, 0.4) is 0 Å². The Morgan fingerprint density at radius 3 is 2.82 bits per heavy atom. The zero-order valence-electron chi connectivity index (χ0n) is 13.7. The van der Waals surface area contributed by atoms with Crippen molar-refractivity contribution in [3.8, 4) is 0 Å². The number of rotatable bonds is 5. The Morgan fingerprint density at radius 2 is 2.23 bits per heavy atom. The Kier molecular flexibility index (Phi) is 4.68. The quantitative estimate of drug-likeness (QED) is 0.900. The van der Waals surface area contributed by atoms with Crippen molar-refractivity contribution in [3.63, 3.8) is 0 Å². The monoisotopic (exact) mass is 322 g/mol. The summed E-state index contributed by atoms with van der Waals surface area (Å²) in [6, 6.07) is 0.494. The van der Waals surface area contributed by atoms with Crippen LogP contribution in [0, 0.1) is 11.8 Å². The lowest BCUT2D eigenvalue weighted by Gasteiger charge is -2.37. The van der Waals surface area contributed by atoms with Gasteiger partial charge in [-0.15, -0.1) is 11.3 Å². The fourth-order valence-corrected chi connectivity index (χ4v) is 3.84. The van der Waals surface area contributed by atoms with E-state index in [0.29, 0.717) is 23.8 Å². The van der Waals surface area contributed by atoms with Crippen molar-refractivity contribution in [1.29, 1.82) is 0 Å². The van der Waals surface area contributed by atoms with Gasteiger partial charge in [-0.3, -0.25) is 4.79 Å². The standard InChI is InChI=1S/C16H26N4OS/c1-11-10-20(15(21)12-4-5-12)7-6-14(11)17-8-13-9-18-16(22-13)19(2)3/h9,11-12,14,17H,4-8,10H2,1-3H3/t11-,14+/m1/s1. The maximum atomic E-state index is 12.2. The molecule has 1 aliphatic heterocycles. The number of amides is 1. The van der Waals surface area contributed by atoms with Gasteiger partial charge in [-0.25, -0.2) is 4.98 Å². The summed E-state index contributed by atoms with van der Waals surface area (Å²) < 4.78 is 0. The van der Waals surface area contributed by atoms with E-state index in [1.807, 2.05) is 25.2 Å². The second-order valence-corrected chi connectivity index (χ2v) is 7.91. The molecule has 0 spiro atoms. The molecule has 22 heavy (non-hydrogen) atoms. The summed E-state index contributed by atoms with van der Waals surface area (Å²) in [5.74, 6) is 1.25. The van der Waals surface area contributed by atoms with Gasteiger partial charge in [-0.05, 0) is 25.2 Å². The van der Waals surface area contributed by atoms with Crippen molar-refractivity contribution in [2.45, 2.75) is 38.8 Å². The van der Waals surface area contributed by atoms with Crippen LogP contribution in [-0.4, -0.2) is 49.0 Å². The molecule has 1 saturated carbocycles. The summed E-state index contributed by atoms with van der Waals surface area (Å²) in [6.07, 6.45) is 5.22. The van der Waals surface area contributed by atoms with E-state index in [9.17, 15) is 4.79 Å². The number of anilines is 1. The molecule has 2 aliphatic rings. The minimum atomic E-state index is 0.346. The molecule has 0 bridgehead atoms. The van der Waals surface area contributed by atoms with Gasteiger partial charge >= 0.3 is 0 Å². The third-order valence-corrected chi connectivity index (χ3v) is 5.77. The largest absolute Gasteiger partial charge is 0.354 e. The van der Waals surface area contributed by atoms with Gasteiger partial charge in [0, 0.05) is 56.8 Å². The van der Waals surface area contributed by atoms with Crippen molar-refractivity contribution in [3.05, 3.63) is 11.1 Å². The van der Waals surface area contributed by atoms with Gasteiger partial charge in [0.25, 0.3) is 0 Å². The molecule has 2 fully saturated rings. The first-order chi connectivity index (χ1) is 10.5. The summed E-state index contributed by atoms with van der Waals surface area (Å²) in [4.78, 5) is 22.0. The maximum Gasteiger partial charge on any atom is 0.225 e. The number of thiazole rings is 1. The summed E-state index contributed by atoms with van der Waals surface area (Å²) in [7, 11) is 4.04. The zero-order chi connectivity index (χ0) is 15.7. The molecule has 1 aliphatic carbocycles. The second-order valence-electron chi connectivity index (χ2n) is 6.82. The van der Waals surface area contributed by atoms with Crippen LogP contribution in [0.5, 0.6) is 0 Å². The molecule has 2 heterocycles. The number of carbonyl (C=O) groups excluding carboxylic acids is 1. The van der Waals surface area contributed by atoms with E-state index in [0.717, 1.165) is 44.0 Å². The number of nitrogens with zero attached hydrogens (tertiary/aromatic N) is 3. The fraction of sp³-hybridized carbons (Fsp3) is 0.750. The van der Waals surface area contributed by atoms with Gasteiger partial charge in [0.2, 0.25) is 5.91 Å². The predicted octanol–water partition coefficient (Wildman–Crippen LogP) is 1.95. The van der Waals surface area contributed by atoms with Crippen molar-refractivity contribution in [1.82, 2.24) is 15.2 Å². The fourth-order valence-electron chi connectivity index (χ4n) is 3.05. The Labute approximate surface area is 136 Å². The number of aromatic nitrogens is 1. The van der Waals surface area contributed by atoms with Crippen LogP contribution in [0.15, 0.2) is 6.20 Å². The average Bonchev–Trinajstić information content (AvgIpc) is 3.23. The normalized spacial score (nSPS) is 25.3. The number of carbonyl (C=O) groups is 1. The average molecular weight is 322 g/mol. The Balaban J connectivity index is 1.48. The molecule has 0 unspecified atom stereocenters. The van der Waals surface area contributed by atoms with Gasteiger partial charge in [0.05, 0.1) is 0 Å². The molecule has 0 aromatic carbocycles. The van der Waals surface area contributed by atoms with Crippen LogP contribution in [0.4, 0.5) is 5.13 Å². The Hall–Kier alpha value is -1.14. The van der Waals surface area contributed by atoms with Gasteiger partial charge in [-0.1, -0.05) is 6.92 Å². The first-order valence-electron chi connectivity index (χ1n) is 8.19. The minimum Gasteiger partial charge on any atom is -0.354 e. The van der Waals surface area contributed by atoms with Crippen molar-refractivity contribution in [2.75, 3.05) is 32.1 Å². The number of hydrogen-bond acceptors (Lipinski definition) is 5. The van der Waals surface area contributed by atoms with E-state index in [1.165, 1.54) is 4.88 Å². The molecule has 6 heteroatoms. The van der Waals surface area contributed by atoms with Crippen LogP contribution in [0.1, 0.15) is 31.1 Å². The first kappa shape index (κ1) is 15.7. The van der Waals surface area contributed by atoms with Crippen LogP contribution < -0.4 is 10.2 Å². The molecule has 5 nitrogen and oxygen atoms in total. The summed E-state index contributed by atoms with van der Waals surface area (Å²) in [5.41, 5.74) is 0. The molecule has 1 amide bonds. The number of hydrogen-bond donors (Lipinski definition) is 1. The zero-order valence-corrected chi connectivity index (χ0v) is 14.5. The van der Waals surface area contributed by atoms with Crippen LogP contribution >= 0.6 is 11.3 Å². The van der Waals surface area contributed by atoms with E-state index in [4.69, 9.17) is 0 Å². The highest BCUT2D eigenvalue weighted by atomic mass is 32.1. The second kappa shape index (κ2) is 6.54. The number of likely N-dealkylation sites (tertiary alicyclic amines) is 1. The van der Waals surface area contributed by atoms with Crippen molar-refractivity contribution in [2.24, 2.45) is 11.8 Å². The van der Waals surface area contributed by atoms with E-state index in [1.54, 1.807) is 11.3 Å². The lowest BCUT2D eigenvalue weighted by atomic mass is 9.93. The first-order valence-corrected chi connectivity index (χ1v) is 9.00. The molecular formula is C16H26N4OS. The van der Waals surface area contributed by atoms with E-state index < -0.39 is 0 Å². The predicted molar refractivity (Wildman–Crippen MR) is 90.2 cm³/mol. The highest BCUT2D eigenvalue weighted by Crippen LogP contribution is 2.32. The molecule has 1 N–H and O–H groups in total. The molecule has 1 aromatic rings. The van der Waals surface area contributed by atoms with Crippen molar-refractivity contribution < 1.29 is 4.79 Å². The molecule has 1 aromatic heterocycles. The Morgan fingerprint density at radius 1 is 1.45 bits per heavy atom. The van der Waals surface area contributed by atoms with E-state index >= 15 is 0 Å². The molecule has 2 atom stereocenters. The van der Waals surface area contributed by atoms with Gasteiger partial charge in [0.15, 0.2) is 5.13 Å². The van der Waals surface area contributed by atoms with Gasteiger partial charge < -0.3 is 15.1 Å². The molecule has 122 valence electrons. The highest BCUT2D eigenvalue weighted by molar-refractivity contribution is 7.15. The number of nitrogens with one attached hydrogen (secondary N) is 1. The summed E-state index contributed by atoms with van der Waals surface area (Å²) >= 11 is 1.74. The highest BCUT2D eigenvalue weighted by Gasteiger charge is 2.36. The van der Waals surface area contributed by atoms with Crippen LogP contribution in [-0.2, 0) is 11.3 Å². The number of piperidine rings is 1. The SMILES string of the molecule is C[C@@H]1CN(C(=O)C2CC2)CC[C@@H]1NCc1cnc(N(C)C)s1. The maximum absolute atomic E-state index is 12.2. The third kappa shape index (κ3) is 3.60.